The van der Waals surface area contributed by atoms with Gasteiger partial charge in [-0.2, -0.15) is 0 Å². The van der Waals surface area contributed by atoms with E-state index in [1.54, 1.807) is 6.42 Å². The quantitative estimate of drug-likeness (QED) is 0.807. The molecule has 0 spiro atoms. The van der Waals surface area contributed by atoms with E-state index in [1.165, 1.54) is 45.1 Å². The average Bonchev–Trinajstić information content (AvgIpc) is 3.04. The summed E-state index contributed by atoms with van der Waals surface area (Å²) in [4.78, 5) is 2.70. The minimum Gasteiger partial charge on any atom is -0.313 e. The standard InChI is InChI=1S/C16H30N2/c1-3-17-15-5-4-6-16(15)18(2)11-14-10-12-7-8-13(14)9-12/h12-17H,3-11H2,1-2H3. The first kappa shape index (κ1) is 12.9. The van der Waals surface area contributed by atoms with Gasteiger partial charge in [0.2, 0.25) is 0 Å². The van der Waals surface area contributed by atoms with Crippen molar-refractivity contribution in [3.05, 3.63) is 0 Å². The Morgan fingerprint density at radius 1 is 1.11 bits per heavy atom. The molecule has 3 saturated carbocycles. The number of nitrogens with zero attached hydrogens (tertiary/aromatic N) is 1. The first-order valence-electron chi connectivity index (χ1n) is 8.21. The third-order valence-corrected chi connectivity index (χ3v) is 5.92. The highest BCUT2D eigenvalue weighted by Crippen LogP contribution is 2.48. The van der Waals surface area contributed by atoms with Crippen molar-refractivity contribution < 1.29 is 0 Å². The van der Waals surface area contributed by atoms with E-state index in [4.69, 9.17) is 0 Å². The van der Waals surface area contributed by atoms with E-state index in [1.807, 2.05) is 0 Å². The lowest BCUT2D eigenvalue weighted by Crippen LogP contribution is -2.47. The smallest absolute Gasteiger partial charge is 0.0246 e. The van der Waals surface area contributed by atoms with E-state index in [-0.39, 0.29) is 0 Å². The zero-order valence-corrected chi connectivity index (χ0v) is 12.2. The van der Waals surface area contributed by atoms with Crippen molar-refractivity contribution in [2.75, 3.05) is 20.1 Å². The number of hydrogen-bond acceptors (Lipinski definition) is 2. The predicted octanol–water partition coefficient (Wildman–Crippen LogP) is 2.89. The van der Waals surface area contributed by atoms with E-state index in [0.29, 0.717) is 0 Å². The summed E-state index contributed by atoms with van der Waals surface area (Å²) in [6.07, 6.45) is 10.4. The maximum Gasteiger partial charge on any atom is 0.0246 e. The third kappa shape index (κ3) is 2.46. The summed E-state index contributed by atoms with van der Waals surface area (Å²) in [7, 11) is 2.38. The van der Waals surface area contributed by atoms with Crippen molar-refractivity contribution in [1.82, 2.24) is 10.2 Å². The molecule has 0 aromatic heterocycles. The maximum atomic E-state index is 3.69. The topological polar surface area (TPSA) is 15.3 Å². The van der Waals surface area contributed by atoms with Gasteiger partial charge in [-0.25, -0.2) is 0 Å². The number of likely N-dealkylation sites (N-methyl/N-ethyl adjacent to an activating group) is 2. The molecule has 0 saturated heterocycles. The Kier molecular flexibility index (Phi) is 3.95. The molecule has 18 heavy (non-hydrogen) atoms. The summed E-state index contributed by atoms with van der Waals surface area (Å²) < 4.78 is 0. The van der Waals surface area contributed by atoms with Crippen LogP contribution in [0.15, 0.2) is 0 Å². The first-order chi connectivity index (χ1) is 8.78. The molecule has 0 aliphatic heterocycles. The molecule has 0 aromatic carbocycles. The molecular weight excluding hydrogens is 220 g/mol. The van der Waals surface area contributed by atoms with E-state index in [2.05, 4.69) is 24.2 Å². The SMILES string of the molecule is CCNC1CCCC1N(C)CC1CC2CCC1C2. The Morgan fingerprint density at radius 2 is 2.00 bits per heavy atom. The van der Waals surface area contributed by atoms with Crippen LogP contribution in [-0.4, -0.2) is 37.1 Å². The van der Waals surface area contributed by atoms with Gasteiger partial charge in [0.05, 0.1) is 0 Å². The van der Waals surface area contributed by atoms with Gasteiger partial charge in [0.15, 0.2) is 0 Å². The predicted molar refractivity (Wildman–Crippen MR) is 76.7 cm³/mol. The van der Waals surface area contributed by atoms with Crippen LogP contribution >= 0.6 is 0 Å². The normalized spacial score (nSPS) is 43.2. The monoisotopic (exact) mass is 250 g/mol. The molecule has 3 rings (SSSR count). The van der Waals surface area contributed by atoms with Crippen molar-refractivity contribution in [3.63, 3.8) is 0 Å². The maximum absolute atomic E-state index is 3.69. The zero-order chi connectivity index (χ0) is 12.5. The van der Waals surface area contributed by atoms with Crippen molar-refractivity contribution in [2.45, 2.75) is 64.0 Å². The lowest BCUT2D eigenvalue weighted by molar-refractivity contribution is 0.156. The van der Waals surface area contributed by atoms with Crippen LogP contribution in [0.3, 0.4) is 0 Å². The summed E-state index contributed by atoms with van der Waals surface area (Å²) in [5, 5.41) is 3.69. The molecule has 5 atom stereocenters. The highest BCUT2D eigenvalue weighted by molar-refractivity contribution is 4.94. The second-order valence-corrected chi connectivity index (χ2v) is 7.04. The highest BCUT2D eigenvalue weighted by atomic mass is 15.2. The molecule has 5 unspecified atom stereocenters. The molecule has 1 N–H and O–H groups in total. The van der Waals surface area contributed by atoms with Crippen LogP contribution in [0.4, 0.5) is 0 Å². The fourth-order valence-electron chi connectivity index (χ4n) is 5.07. The Hall–Kier alpha value is -0.0800. The fraction of sp³-hybridized carbons (Fsp3) is 1.00. The van der Waals surface area contributed by atoms with Gasteiger partial charge in [-0.1, -0.05) is 19.8 Å². The number of nitrogens with one attached hydrogen (secondary N) is 1. The number of hydrogen-bond donors (Lipinski definition) is 1. The molecule has 0 aromatic rings. The van der Waals surface area contributed by atoms with Crippen LogP contribution in [0, 0.1) is 17.8 Å². The molecule has 3 aliphatic carbocycles. The summed E-state index contributed by atoms with van der Waals surface area (Å²) >= 11 is 0. The largest absolute Gasteiger partial charge is 0.313 e. The minimum absolute atomic E-state index is 0.763. The lowest BCUT2D eigenvalue weighted by Gasteiger charge is -2.34. The molecule has 3 aliphatic rings. The van der Waals surface area contributed by atoms with Crippen LogP contribution < -0.4 is 5.32 Å². The Bertz CT molecular complexity index is 278. The summed E-state index contributed by atoms with van der Waals surface area (Å²) in [5.74, 6) is 3.20. The molecule has 0 amide bonds. The van der Waals surface area contributed by atoms with Gasteiger partial charge >= 0.3 is 0 Å². The summed E-state index contributed by atoms with van der Waals surface area (Å²) in [5.41, 5.74) is 0. The molecule has 2 bridgehead atoms. The second kappa shape index (κ2) is 5.50. The molecular formula is C16H30N2. The minimum atomic E-state index is 0.763. The summed E-state index contributed by atoms with van der Waals surface area (Å²) in [6.45, 7) is 4.74. The fourth-order valence-corrected chi connectivity index (χ4v) is 5.07. The van der Waals surface area contributed by atoms with Crippen molar-refractivity contribution in [3.8, 4) is 0 Å². The molecule has 0 radical (unpaired) electrons. The Morgan fingerprint density at radius 3 is 2.67 bits per heavy atom. The third-order valence-electron chi connectivity index (χ3n) is 5.92. The first-order valence-corrected chi connectivity index (χ1v) is 8.21. The van der Waals surface area contributed by atoms with E-state index in [0.717, 1.165) is 36.4 Å². The van der Waals surface area contributed by atoms with E-state index in [9.17, 15) is 0 Å². The number of rotatable bonds is 5. The van der Waals surface area contributed by atoms with Gasteiger partial charge in [-0.3, -0.25) is 0 Å². The van der Waals surface area contributed by atoms with Crippen molar-refractivity contribution in [1.29, 1.82) is 0 Å². The highest BCUT2D eigenvalue weighted by Gasteiger charge is 2.41. The number of fused-ring (bicyclic) bond motifs is 2. The van der Waals surface area contributed by atoms with Gasteiger partial charge in [-0.15, -0.1) is 0 Å². The molecule has 2 nitrogen and oxygen atoms in total. The van der Waals surface area contributed by atoms with Crippen molar-refractivity contribution >= 4 is 0 Å². The van der Waals surface area contributed by atoms with Crippen molar-refractivity contribution in [2.24, 2.45) is 17.8 Å². The molecule has 2 heteroatoms. The van der Waals surface area contributed by atoms with Gasteiger partial charge in [0.1, 0.15) is 0 Å². The van der Waals surface area contributed by atoms with Crippen LogP contribution in [0.5, 0.6) is 0 Å². The lowest BCUT2D eigenvalue weighted by atomic mass is 9.88. The zero-order valence-electron chi connectivity index (χ0n) is 12.2. The van der Waals surface area contributed by atoms with E-state index < -0.39 is 0 Å². The molecule has 104 valence electrons. The van der Waals surface area contributed by atoms with Gasteiger partial charge < -0.3 is 10.2 Å². The van der Waals surface area contributed by atoms with Crippen LogP contribution in [0.1, 0.15) is 51.9 Å². The molecule has 0 heterocycles. The average molecular weight is 250 g/mol. The molecule has 3 fully saturated rings. The van der Waals surface area contributed by atoms with E-state index >= 15 is 0 Å². The summed E-state index contributed by atoms with van der Waals surface area (Å²) in [6, 6.07) is 1.57. The van der Waals surface area contributed by atoms with Crippen LogP contribution in [0.2, 0.25) is 0 Å². The van der Waals surface area contributed by atoms with Gasteiger partial charge in [0.25, 0.3) is 0 Å². The second-order valence-electron chi connectivity index (χ2n) is 7.04. The Balaban J connectivity index is 1.53. The van der Waals surface area contributed by atoms with Gasteiger partial charge in [0, 0.05) is 18.6 Å². The Labute approximate surface area is 113 Å². The van der Waals surface area contributed by atoms with Crippen LogP contribution in [-0.2, 0) is 0 Å². The van der Waals surface area contributed by atoms with Gasteiger partial charge in [-0.05, 0) is 63.5 Å². The van der Waals surface area contributed by atoms with Crippen LogP contribution in [0.25, 0.3) is 0 Å².